The monoisotopic (exact) mass is 423 g/mol. The van der Waals surface area contributed by atoms with E-state index in [4.69, 9.17) is 14.7 Å². The minimum absolute atomic E-state index is 0.0160. The third kappa shape index (κ3) is 3.18. The number of nitrogens with one attached hydrogen (secondary N) is 1. The number of nitrogens with zero attached hydrogens (tertiary/aromatic N) is 6. The minimum Gasteiger partial charge on any atom is -0.379 e. The van der Waals surface area contributed by atoms with E-state index in [0.717, 1.165) is 69.0 Å². The normalized spacial score (nSPS) is 22.5. The van der Waals surface area contributed by atoms with Crippen molar-refractivity contribution in [1.82, 2.24) is 24.7 Å². The van der Waals surface area contributed by atoms with Gasteiger partial charge in [-0.1, -0.05) is 18.2 Å². The topological polar surface area (TPSA) is 61.2 Å². The molecule has 9 heteroatoms. The average molecular weight is 424 g/mol. The molecule has 3 aliphatic rings. The number of guanidine groups is 1. The van der Waals surface area contributed by atoms with E-state index in [1.807, 2.05) is 0 Å². The predicted octanol–water partition coefficient (Wildman–Crippen LogP) is 1.97. The van der Waals surface area contributed by atoms with Gasteiger partial charge in [-0.15, -0.1) is 11.3 Å². The van der Waals surface area contributed by atoms with Crippen molar-refractivity contribution in [1.29, 1.82) is 0 Å². The van der Waals surface area contributed by atoms with Gasteiger partial charge in [0.1, 0.15) is 6.17 Å². The molecule has 1 fully saturated rings. The number of aliphatic imine (C=N–C) groups is 1. The van der Waals surface area contributed by atoms with Gasteiger partial charge in [-0.25, -0.2) is 9.98 Å². The van der Waals surface area contributed by atoms with E-state index >= 15 is 0 Å². The number of ether oxygens (including phenoxy) is 1. The van der Waals surface area contributed by atoms with E-state index in [1.54, 1.807) is 11.3 Å². The lowest BCUT2D eigenvalue weighted by molar-refractivity contribution is 0.0334. The Bertz CT molecular complexity index is 1060. The molecule has 3 aromatic rings. The zero-order valence-corrected chi connectivity index (χ0v) is 17.6. The number of anilines is 1. The Morgan fingerprint density at radius 1 is 1.07 bits per heavy atom. The van der Waals surface area contributed by atoms with Gasteiger partial charge in [0, 0.05) is 31.1 Å². The van der Waals surface area contributed by atoms with Gasteiger partial charge in [-0.05, 0) is 23.6 Å². The van der Waals surface area contributed by atoms with Crippen molar-refractivity contribution >= 4 is 34.3 Å². The van der Waals surface area contributed by atoms with Gasteiger partial charge >= 0.3 is 0 Å². The summed E-state index contributed by atoms with van der Waals surface area (Å²) >= 11 is 1.76. The highest BCUT2D eigenvalue weighted by Crippen LogP contribution is 2.35. The first-order valence-electron chi connectivity index (χ1n) is 10.5. The van der Waals surface area contributed by atoms with Crippen molar-refractivity contribution in [2.75, 3.05) is 57.6 Å². The van der Waals surface area contributed by atoms with E-state index < -0.39 is 0 Å². The summed E-state index contributed by atoms with van der Waals surface area (Å²) in [7, 11) is 0. The molecule has 0 unspecified atom stereocenters. The van der Waals surface area contributed by atoms with Crippen LogP contribution in [-0.2, 0) is 4.74 Å². The smallest absolute Gasteiger partial charge is 0.216 e. The van der Waals surface area contributed by atoms with Crippen molar-refractivity contribution in [2.24, 2.45) is 4.99 Å². The van der Waals surface area contributed by atoms with Crippen LogP contribution in [0.2, 0.25) is 0 Å². The maximum atomic E-state index is 5.47. The molecule has 3 aliphatic heterocycles. The SMILES string of the molecule is c1csc([C@H]2NC3=NCN(CCN4CCOCC4)CN3c3nc4ccccc4n32)c1. The van der Waals surface area contributed by atoms with Crippen molar-refractivity contribution < 1.29 is 4.74 Å². The molecule has 156 valence electrons. The Labute approximate surface area is 179 Å². The predicted molar refractivity (Wildman–Crippen MR) is 119 cm³/mol. The summed E-state index contributed by atoms with van der Waals surface area (Å²) in [6.45, 7) is 7.25. The zero-order valence-electron chi connectivity index (χ0n) is 16.8. The van der Waals surface area contributed by atoms with Crippen LogP contribution in [0.15, 0.2) is 46.8 Å². The van der Waals surface area contributed by atoms with E-state index in [-0.39, 0.29) is 6.17 Å². The van der Waals surface area contributed by atoms with E-state index in [0.29, 0.717) is 6.67 Å². The average Bonchev–Trinajstić information content (AvgIpc) is 3.46. The summed E-state index contributed by atoms with van der Waals surface area (Å²) in [6, 6.07) is 12.6. The molecule has 0 bridgehead atoms. The molecule has 2 aromatic heterocycles. The number of morpholine rings is 1. The first kappa shape index (κ1) is 18.3. The number of rotatable bonds is 4. The van der Waals surface area contributed by atoms with Gasteiger partial charge in [0.15, 0.2) is 0 Å². The fourth-order valence-electron chi connectivity index (χ4n) is 4.40. The van der Waals surface area contributed by atoms with Gasteiger partial charge in [0.25, 0.3) is 0 Å². The maximum absolute atomic E-state index is 5.47. The van der Waals surface area contributed by atoms with Crippen molar-refractivity contribution in [3.05, 3.63) is 46.7 Å². The van der Waals surface area contributed by atoms with Crippen LogP contribution in [0.25, 0.3) is 11.0 Å². The fraction of sp³-hybridized carbons (Fsp3) is 0.429. The molecule has 8 nitrogen and oxygen atoms in total. The maximum Gasteiger partial charge on any atom is 0.216 e. The molecule has 0 amide bonds. The van der Waals surface area contributed by atoms with Crippen LogP contribution in [0.5, 0.6) is 0 Å². The van der Waals surface area contributed by atoms with Gasteiger partial charge in [0.05, 0.1) is 37.6 Å². The molecular formula is C21H25N7OS. The second kappa shape index (κ2) is 7.66. The third-order valence-electron chi connectivity index (χ3n) is 6.01. The lowest BCUT2D eigenvalue weighted by atomic mass is 10.3. The van der Waals surface area contributed by atoms with Gasteiger partial charge < -0.3 is 10.1 Å². The minimum atomic E-state index is 0.0160. The molecule has 6 rings (SSSR count). The molecular weight excluding hydrogens is 398 g/mol. The molecule has 1 atom stereocenters. The number of hydrogen-bond donors (Lipinski definition) is 1. The fourth-order valence-corrected chi connectivity index (χ4v) is 5.17. The lowest BCUT2D eigenvalue weighted by Crippen LogP contribution is -2.58. The second-order valence-corrected chi connectivity index (χ2v) is 8.85. The van der Waals surface area contributed by atoms with E-state index in [1.165, 1.54) is 4.88 Å². The van der Waals surface area contributed by atoms with Crippen LogP contribution in [0.4, 0.5) is 5.95 Å². The van der Waals surface area contributed by atoms with E-state index in [9.17, 15) is 0 Å². The number of aromatic nitrogens is 2. The largest absolute Gasteiger partial charge is 0.379 e. The van der Waals surface area contributed by atoms with Gasteiger partial charge in [-0.3, -0.25) is 19.3 Å². The summed E-state index contributed by atoms with van der Waals surface area (Å²) in [5.74, 6) is 1.88. The zero-order chi connectivity index (χ0) is 19.9. The Hall–Kier alpha value is -2.46. The molecule has 5 heterocycles. The summed E-state index contributed by atoms with van der Waals surface area (Å²) in [4.78, 5) is 18.2. The molecule has 0 saturated carbocycles. The molecule has 1 saturated heterocycles. The van der Waals surface area contributed by atoms with Crippen LogP contribution < -0.4 is 10.2 Å². The molecule has 1 aromatic carbocycles. The first-order valence-corrected chi connectivity index (χ1v) is 11.4. The summed E-state index contributed by atoms with van der Waals surface area (Å²) in [6.07, 6.45) is 0.0160. The van der Waals surface area contributed by atoms with Crippen LogP contribution >= 0.6 is 11.3 Å². The number of para-hydroxylation sites is 2. The highest BCUT2D eigenvalue weighted by Gasteiger charge is 2.36. The van der Waals surface area contributed by atoms with Crippen LogP contribution in [0, 0.1) is 0 Å². The Balaban J connectivity index is 1.31. The van der Waals surface area contributed by atoms with Crippen LogP contribution in [0.1, 0.15) is 11.0 Å². The number of imidazole rings is 1. The Morgan fingerprint density at radius 2 is 1.93 bits per heavy atom. The molecule has 0 aliphatic carbocycles. The van der Waals surface area contributed by atoms with E-state index in [2.05, 4.69) is 66.4 Å². The van der Waals surface area contributed by atoms with Crippen LogP contribution in [-0.4, -0.2) is 78.0 Å². The molecule has 0 spiro atoms. The molecule has 0 radical (unpaired) electrons. The summed E-state index contributed by atoms with van der Waals surface area (Å²) in [5.41, 5.74) is 2.16. The van der Waals surface area contributed by atoms with Crippen molar-refractivity contribution in [3.8, 4) is 0 Å². The highest BCUT2D eigenvalue weighted by molar-refractivity contribution is 7.10. The van der Waals surface area contributed by atoms with Crippen LogP contribution in [0.3, 0.4) is 0 Å². The quantitative estimate of drug-likeness (QED) is 0.693. The molecule has 1 N–H and O–H groups in total. The first-order chi connectivity index (χ1) is 14.9. The summed E-state index contributed by atoms with van der Waals surface area (Å²) < 4.78 is 7.78. The lowest BCUT2D eigenvalue weighted by Gasteiger charge is -2.41. The standard InChI is InChI=1S/C21H25N7OS/c1-2-5-17-16(4-1)23-21-27-15-26(8-7-25-9-11-29-12-10-25)14-22-20(27)24-19(28(17)21)18-6-3-13-30-18/h1-6,13,19H,7-12,14-15H2,(H,22,24)/t19-/m0/s1. The van der Waals surface area contributed by atoms with Crippen molar-refractivity contribution in [3.63, 3.8) is 0 Å². The van der Waals surface area contributed by atoms with Crippen molar-refractivity contribution in [2.45, 2.75) is 6.17 Å². The number of benzene rings is 1. The second-order valence-electron chi connectivity index (χ2n) is 7.87. The van der Waals surface area contributed by atoms with Gasteiger partial charge in [0.2, 0.25) is 11.9 Å². The Kier molecular flexibility index (Phi) is 4.68. The highest BCUT2D eigenvalue weighted by atomic mass is 32.1. The number of thiophene rings is 1. The number of hydrogen-bond acceptors (Lipinski definition) is 8. The van der Waals surface area contributed by atoms with Gasteiger partial charge in [-0.2, -0.15) is 0 Å². The third-order valence-corrected chi connectivity index (χ3v) is 6.93. The molecule has 30 heavy (non-hydrogen) atoms. The number of fused-ring (bicyclic) bond motifs is 5. The summed E-state index contributed by atoms with van der Waals surface area (Å²) in [5, 5.41) is 5.80. The Morgan fingerprint density at radius 3 is 2.80 bits per heavy atom.